The number of benzene rings is 3. The van der Waals surface area contributed by atoms with E-state index in [1.54, 1.807) is 12.3 Å². The molecule has 0 spiro atoms. The predicted octanol–water partition coefficient (Wildman–Crippen LogP) is 9.57. The zero-order chi connectivity index (χ0) is 46.9. The van der Waals surface area contributed by atoms with E-state index in [0.717, 1.165) is 87.0 Å². The summed E-state index contributed by atoms with van der Waals surface area (Å²) in [5.41, 5.74) is 7.10. The molecule has 67 heavy (non-hydrogen) atoms. The summed E-state index contributed by atoms with van der Waals surface area (Å²) in [5, 5.41) is 17.0. The number of piperazine rings is 1. The molecule has 2 saturated heterocycles. The van der Waals surface area contributed by atoms with Gasteiger partial charge in [0.2, 0.25) is 5.88 Å². The summed E-state index contributed by atoms with van der Waals surface area (Å²) in [7, 11) is -4.57. The molecule has 5 aromatic rings. The molecular formula is C50H59ClN8O7S. The summed E-state index contributed by atoms with van der Waals surface area (Å²) in [5.74, 6) is -0.203. The fourth-order valence-electron chi connectivity index (χ4n) is 9.80. The molecule has 5 heterocycles. The van der Waals surface area contributed by atoms with Gasteiger partial charge in [-0.05, 0) is 123 Å². The van der Waals surface area contributed by atoms with Crippen LogP contribution in [-0.2, 0) is 14.8 Å². The van der Waals surface area contributed by atoms with Crippen LogP contribution in [0.1, 0.15) is 81.6 Å². The second kappa shape index (κ2) is 19.5. The van der Waals surface area contributed by atoms with Gasteiger partial charge in [0.05, 0.1) is 27.2 Å². The van der Waals surface area contributed by atoms with E-state index in [-0.39, 0.29) is 28.7 Å². The molecule has 0 bridgehead atoms. The molecule has 3 aromatic carbocycles. The molecule has 354 valence electrons. The molecule has 2 aromatic heterocycles. The lowest BCUT2D eigenvalue weighted by Gasteiger charge is -2.38. The molecular weight excluding hydrogens is 892 g/mol. The summed E-state index contributed by atoms with van der Waals surface area (Å²) < 4.78 is 42.0. The molecule has 1 aliphatic carbocycles. The monoisotopic (exact) mass is 950 g/mol. The van der Waals surface area contributed by atoms with Crippen molar-refractivity contribution in [3.63, 3.8) is 0 Å². The van der Waals surface area contributed by atoms with E-state index < -0.39 is 31.4 Å². The Balaban J connectivity index is 0.970. The normalized spacial score (nSPS) is 19.4. The number of H-pyrrole nitrogens is 1. The lowest BCUT2D eigenvalue weighted by atomic mass is 9.72. The van der Waals surface area contributed by atoms with Crippen LogP contribution < -0.4 is 24.6 Å². The number of anilines is 4. The Morgan fingerprint density at radius 3 is 2.51 bits per heavy atom. The largest absolute Gasteiger partial charge is 0.473 e. The number of nitro benzene ring substituents is 1. The maximum absolute atomic E-state index is 14.4. The number of aromatic nitrogens is 2. The molecule has 1 atom stereocenters. The van der Waals surface area contributed by atoms with Crippen LogP contribution in [0, 0.1) is 21.4 Å². The first kappa shape index (κ1) is 46.4. The highest BCUT2D eigenvalue weighted by Gasteiger charge is 2.32. The van der Waals surface area contributed by atoms with Crippen molar-refractivity contribution in [2.75, 3.05) is 74.1 Å². The van der Waals surface area contributed by atoms with Gasteiger partial charge in [-0.25, -0.2) is 13.1 Å². The smallest absolute Gasteiger partial charge is 0.293 e. The van der Waals surface area contributed by atoms with E-state index >= 15 is 0 Å². The molecule has 1 amide bonds. The highest BCUT2D eigenvalue weighted by atomic mass is 35.5. The zero-order valence-electron chi connectivity index (χ0n) is 38.4. The van der Waals surface area contributed by atoms with Crippen LogP contribution in [0.4, 0.5) is 28.4 Å². The highest BCUT2D eigenvalue weighted by Crippen LogP contribution is 2.45. The zero-order valence-corrected chi connectivity index (χ0v) is 39.9. The van der Waals surface area contributed by atoms with Crippen LogP contribution in [0.2, 0.25) is 5.02 Å². The number of carbonyl (C=O) groups excluding carboxylic acids is 1. The average molecular weight is 952 g/mol. The molecule has 15 nitrogen and oxygen atoms in total. The first-order valence-electron chi connectivity index (χ1n) is 23.4. The third-order valence-corrected chi connectivity index (χ3v) is 15.4. The number of nitrogens with zero attached hydrogens (tertiary/aromatic N) is 5. The van der Waals surface area contributed by atoms with E-state index in [1.807, 2.05) is 48.2 Å². The van der Waals surface area contributed by atoms with Crippen molar-refractivity contribution in [1.82, 2.24) is 19.6 Å². The van der Waals surface area contributed by atoms with Crippen LogP contribution in [0.15, 0.2) is 89.5 Å². The Labute approximate surface area is 397 Å². The molecule has 3 N–H and O–H groups in total. The van der Waals surface area contributed by atoms with E-state index in [9.17, 15) is 23.3 Å². The van der Waals surface area contributed by atoms with Crippen LogP contribution in [-0.4, -0.2) is 99.2 Å². The lowest BCUT2D eigenvalue weighted by Crippen LogP contribution is -2.46. The fourth-order valence-corrected chi connectivity index (χ4v) is 10.9. The van der Waals surface area contributed by atoms with E-state index in [2.05, 4.69) is 50.8 Å². The molecule has 2 fully saturated rings. The summed E-state index contributed by atoms with van der Waals surface area (Å²) >= 11 is 6.26. The molecule has 9 rings (SSSR count). The Morgan fingerprint density at radius 2 is 1.75 bits per heavy atom. The second-order valence-corrected chi connectivity index (χ2v) is 21.2. The number of ether oxygens (including phenoxy) is 2. The Kier molecular flexibility index (Phi) is 13.5. The van der Waals surface area contributed by atoms with Crippen LogP contribution in [0.5, 0.6) is 5.88 Å². The molecule has 0 radical (unpaired) electrons. The minimum atomic E-state index is -4.57. The number of sulfonamides is 1. The number of allylic oxidation sites excluding steroid dienone is 1. The molecule has 17 heteroatoms. The first-order chi connectivity index (χ1) is 32.2. The topological polar surface area (TPSA) is 175 Å². The summed E-state index contributed by atoms with van der Waals surface area (Å²) in [6.45, 7) is 13.1. The van der Waals surface area contributed by atoms with Gasteiger partial charge in [-0.2, -0.15) is 4.98 Å². The quantitative estimate of drug-likeness (QED) is 0.0754. The van der Waals surface area contributed by atoms with Crippen molar-refractivity contribution in [3.05, 3.63) is 111 Å². The SMILES string of the molecule is C[C@H]1CCN(c2cc(N3CCN(CCC4=C(c5ccc(Cl)cc5)CC(C)(C)CC4)CC3)ccc2C(=O)NS(=O)(=O)c2ccc(NCC3CCOCC3)c([N+](=O)[O-])c2)c2cc3cc[nH]c3nc2O1. The van der Waals surface area contributed by atoms with E-state index in [0.29, 0.717) is 55.6 Å². The van der Waals surface area contributed by atoms with Crippen molar-refractivity contribution >= 4 is 72.6 Å². The summed E-state index contributed by atoms with van der Waals surface area (Å²) in [4.78, 5) is 40.4. The number of nitro groups is 1. The number of rotatable bonds is 13. The Morgan fingerprint density at radius 1 is 0.970 bits per heavy atom. The van der Waals surface area contributed by atoms with Crippen molar-refractivity contribution in [3.8, 4) is 5.88 Å². The fraction of sp³-hybridized carbons (Fsp3) is 0.440. The minimum absolute atomic E-state index is 0.116. The number of amides is 1. The van der Waals surface area contributed by atoms with Gasteiger partial charge in [0.25, 0.3) is 21.6 Å². The lowest BCUT2D eigenvalue weighted by molar-refractivity contribution is -0.384. The van der Waals surface area contributed by atoms with Crippen molar-refractivity contribution in [2.24, 2.45) is 11.3 Å². The van der Waals surface area contributed by atoms with Gasteiger partial charge in [-0.3, -0.25) is 19.8 Å². The molecule has 3 aliphatic heterocycles. The average Bonchev–Trinajstić information content (AvgIpc) is 3.71. The second-order valence-electron chi connectivity index (χ2n) is 19.1. The maximum atomic E-state index is 14.4. The van der Waals surface area contributed by atoms with Gasteiger partial charge in [0, 0.05) is 93.8 Å². The number of fused-ring (bicyclic) bond motifs is 2. The van der Waals surface area contributed by atoms with Gasteiger partial charge in [-0.15, -0.1) is 0 Å². The number of halogens is 1. The number of aromatic amines is 1. The van der Waals surface area contributed by atoms with Crippen molar-refractivity contribution in [1.29, 1.82) is 0 Å². The van der Waals surface area contributed by atoms with Gasteiger partial charge in [-0.1, -0.05) is 43.2 Å². The standard InChI is InChI=1S/C50H59ClN8O7S/c1-33-14-21-58(46-28-37-13-19-52-47(37)54-49(46)66-33)44-29-39(57-24-22-56(23-25-57)20-15-36-12-18-50(2,3)31-42(36)35-4-6-38(51)7-5-35)8-10-41(44)48(60)55-67(63,64)40-9-11-43(45(30-40)59(61)62)53-32-34-16-26-65-27-17-34/h4-11,13,19,28-30,33-34,53H,12,14-18,20-27,31-32H2,1-3H3,(H,52,54)(H,55,60)/t33-/m0/s1. The van der Waals surface area contributed by atoms with Crippen molar-refractivity contribution < 1.29 is 27.6 Å². The van der Waals surface area contributed by atoms with Crippen LogP contribution in [0.25, 0.3) is 16.6 Å². The van der Waals surface area contributed by atoms with Gasteiger partial charge >= 0.3 is 0 Å². The minimum Gasteiger partial charge on any atom is -0.473 e. The van der Waals surface area contributed by atoms with Crippen LogP contribution >= 0.6 is 11.6 Å². The van der Waals surface area contributed by atoms with Gasteiger partial charge in [0.15, 0.2) is 0 Å². The summed E-state index contributed by atoms with van der Waals surface area (Å²) in [6, 6.07) is 21.3. The summed E-state index contributed by atoms with van der Waals surface area (Å²) in [6.07, 6.45) is 8.16. The van der Waals surface area contributed by atoms with Crippen molar-refractivity contribution in [2.45, 2.75) is 76.7 Å². The third-order valence-electron chi connectivity index (χ3n) is 13.8. The van der Waals surface area contributed by atoms with Gasteiger partial charge < -0.3 is 29.6 Å². The maximum Gasteiger partial charge on any atom is 0.293 e. The number of nitrogens with one attached hydrogen (secondary N) is 3. The third kappa shape index (κ3) is 10.6. The predicted molar refractivity (Wildman–Crippen MR) is 263 cm³/mol. The Bertz CT molecular complexity index is 2780. The number of hydrogen-bond acceptors (Lipinski definition) is 12. The number of hydrogen-bond donors (Lipinski definition) is 3. The molecule has 4 aliphatic rings. The number of pyridine rings is 1. The van der Waals surface area contributed by atoms with Crippen LogP contribution in [0.3, 0.4) is 0 Å². The Hall–Kier alpha value is -5.68. The van der Waals surface area contributed by atoms with Gasteiger partial charge in [0.1, 0.15) is 17.0 Å². The van der Waals surface area contributed by atoms with E-state index in [4.69, 9.17) is 26.1 Å². The first-order valence-corrected chi connectivity index (χ1v) is 25.2. The van der Waals surface area contributed by atoms with E-state index in [1.165, 1.54) is 35.3 Å². The molecule has 0 unspecified atom stereocenters. The number of carbonyl (C=O) groups is 1. The molecule has 0 saturated carbocycles. The highest BCUT2D eigenvalue weighted by molar-refractivity contribution is 7.90.